The lowest BCUT2D eigenvalue weighted by atomic mass is 10.2. The molecule has 0 aliphatic carbocycles. The van der Waals surface area contributed by atoms with Crippen LogP contribution in [0.2, 0.25) is 0 Å². The number of aromatic nitrogens is 3. The molecule has 7 heteroatoms. The van der Waals surface area contributed by atoms with E-state index < -0.39 is 0 Å². The van der Waals surface area contributed by atoms with E-state index in [1.807, 2.05) is 12.1 Å². The second-order valence-corrected chi connectivity index (χ2v) is 5.01. The van der Waals surface area contributed by atoms with Crippen LogP contribution in [0.4, 0.5) is 0 Å². The van der Waals surface area contributed by atoms with E-state index in [1.54, 1.807) is 0 Å². The van der Waals surface area contributed by atoms with Gasteiger partial charge in [0.15, 0.2) is 11.5 Å². The lowest BCUT2D eigenvalue weighted by Gasteiger charge is -2.07. The van der Waals surface area contributed by atoms with Gasteiger partial charge in [0, 0.05) is 24.0 Å². The third-order valence-electron chi connectivity index (χ3n) is 2.86. The van der Waals surface area contributed by atoms with Crippen LogP contribution in [-0.2, 0) is 13.0 Å². The smallest absolute Gasteiger partial charge is 0.231 e. The van der Waals surface area contributed by atoms with E-state index in [9.17, 15) is 0 Å². The molecule has 0 unspecified atom stereocenters. The minimum atomic E-state index is 0.296. The highest BCUT2D eigenvalue weighted by atomic mass is 79.9. The molecule has 1 aliphatic rings. The van der Waals surface area contributed by atoms with Gasteiger partial charge in [-0.05, 0) is 17.7 Å². The Balaban J connectivity index is 1.55. The highest BCUT2D eigenvalue weighted by Crippen LogP contribution is 2.36. The Bertz CT molecular complexity index is 559. The van der Waals surface area contributed by atoms with Gasteiger partial charge < -0.3 is 14.8 Å². The van der Waals surface area contributed by atoms with Gasteiger partial charge in [0.1, 0.15) is 12.2 Å². The Morgan fingerprint density at radius 3 is 2.95 bits per heavy atom. The zero-order valence-corrected chi connectivity index (χ0v) is 11.7. The fourth-order valence-electron chi connectivity index (χ4n) is 1.88. The van der Waals surface area contributed by atoms with Gasteiger partial charge in [0.2, 0.25) is 6.79 Å². The Morgan fingerprint density at radius 1 is 1.32 bits per heavy atom. The highest BCUT2D eigenvalue weighted by molar-refractivity contribution is 9.10. The number of aromatic amines is 1. The fraction of sp³-hybridized carbons (Fsp3) is 0.333. The molecule has 0 bridgehead atoms. The SMILES string of the molecule is Brc1cc2c(cc1CNCCc1ncn[nH]1)OCO2. The van der Waals surface area contributed by atoms with Crippen LogP contribution in [-0.4, -0.2) is 28.5 Å². The van der Waals surface area contributed by atoms with Gasteiger partial charge in [0.25, 0.3) is 0 Å². The summed E-state index contributed by atoms with van der Waals surface area (Å²) in [6.45, 7) is 1.88. The lowest BCUT2D eigenvalue weighted by Crippen LogP contribution is -2.17. The molecular weight excluding hydrogens is 312 g/mol. The summed E-state index contributed by atoms with van der Waals surface area (Å²) in [5, 5.41) is 10.0. The molecule has 1 aliphatic heterocycles. The average Bonchev–Trinajstić information content (AvgIpc) is 3.05. The van der Waals surface area contributed by atoms with E-state index in [-0.39, 0.29) is 0 Å². The summed E-state index contributed by atoms with van der Waals surface area (Å²) in [5.74, 6) is 2.48. The van der Waals surface area contributed by atoms with Crippen LogP contribution >= 0.6 is 15.9 Å². The van der Waals surface area contributed by atoms with E-state index in [1.165, 1.54) is 6.33 Å². The number of nitrogens with zero attached hydrogens (tertiary/aromatic N) is 2. The van der Waals surface area contributed by atoms with Crippen LogP contribution in [0.1, 0.15) is 11.4 Å². The van der Waals surface area contributed by atoms with Crippen LogP contribution in [0.25, 0.3) is 0 Å². The van der Waals surface area contributed by atoms with Crippen molar-refractivity contribution in [1.29, 1.82) is 0 Å². The second kappa shape index (κ2) is 5.58. The minimum Gasteiger partial charge on any atom is -0.454 e. The van der Waals surface area contributed by atoms with Gasteiger partial charge in [-0.2, -0.15) is 5.10 Å². The first kappa shape index (κ1) is 12.4. The van der Waals surface area contributed by atoms with Crippen LogP contribution in [0, 0.1) is 0 Å². The molecule has 0 amide bonds. The third kappa shape index (κ3) is 2.87. The van der Waals surface area contributed by atoms with Crippen molar-refractivity contribution in [3.05, 3.63) is 34.3 Å². The first-order valence-electron chi connectivity index (χ1n) is 5.96. The van der Waals surface area contributed by atoms with Crippen LogP contribution in [0.5, 0.6) is 11.5 Å². The molecule has 6 nitrogen and oxygen atoms in total. The van der Waals surface area contributed by atoms with Crippen molar-refractivity contribution in [3.8, 4) is 11.5 Å². The molecule has 0 fully saturated rings. The molecule has 19 heavy (non-hydrogen) atoms. The number of nitrogens with one attached hydrogen (secondary N) is 2. The Hall–Kier alpha value is -1.60. The molecule has 0 saturated heterocycles. The summed E-state index contributed by atoms with van der Waals surface area (Å²) in [7, 11) is 0. The van der Waals surface area contributed by atoms with E-state index >= 15 is 0 Å². The fourth-order valence-corrected chi connectivity index (χ4v) is 2.34. The molecule has 3 rings (SSSR count). The number of halogens is 1. The molecule has 2 N–H and O–H groups in total. The molecule has 0 atom stereocenters. The second-order valence-electron chi connectivity index (χ2n) is 4.16. The van der Waals surface area contributed by atoms with Gasteiger partial charge in [-0.1, -0.05) is 15.9 Å². The Morgan fingerprint density at radius 2 is 2.16 bits per heavy atom. The number of fused-ring (bicyclic) bond motifs is 1. The summed E-state index contributed by atoms with van der Waals surface area (Å²) in [4.78, 5) is 4.07. The number of rotatable bonds is 5. The first-order chi connectivity index (χ1) is 9.33. The molecule has 0 saturated carbocycles. The van der Waals surface area contributed by atoms with Gasteiger partial charge in [-0.3, -0.25) is 5.10 Å². The quantitative estimate of drug-likeness (QED) is 0.818. The van der Waals surface area contributed by atoms with E-state index in [4.69, 9.17) is 9.47 Å². The first-order valence-corrected chi connectivity index (χ1v) is 6.75. The number of hydrogen-bond donors (Lipinski definition) is 2. The Kier molecular flexibility index (Phi) is 3.65. The van der Waals surface area contributed by atoms with Crippen molar-refractivity contribution >= 4 is 15.9 Å². The maximum atomic E-state index is 5.37. The van der Waals surface area contributed by atoms with Crippen molar-refractivity contribution < 1.29 is 9.47 Å². The van der Waals surface area contributed by atoms with Gasteiger partial charge in [-0.15, -0.1) is 0 Å². The monoisotopic (exact) mass is 324 g/mol. The third-order valence-corrected chi connectivity index (χ3v) is 3.60. The zero-order chi connectivity index (χ0) is 13.1. The van der Waals surface area contributed by atoms with Crippen molar-refractivity contribution in [1.82, 2.24) is 20.5 Å². The molecule has 1 aromatic carbocycles. The lowest BCUT2D eigenvalue weighted by molar-refractivity contribution is 0.174. The number of hydrogen-bond acceptors (Lipinski definition) is 5. The predicted octanol–water partition coefficient (Wildman–Crippen LogP) is 1.63. The van der Waals surface area contributed by atoms with E-state index in [0.717, 1.165) is 46.9 Å². The number of H-pyrrole nitrogens is 1. The van der Waals surface area contributed by atoms with Gasteiger partial charge in [0.05, 0.1) is 0 Å². The predicted molar refractivity (Wildman–Crippen MR) is 72.1 cm³/mol. The maximum Gasteiger partial charge on any atom is 0.231 e. The van der Waals surface area contributed by atoms with E-state index in [0.29, 0.717) is 6.79 Å². The summed E-state index contributed by atoms with van der Waals surface area (Å²) in [5.41, 5.74) is 1.14. The average molecular weight is 325 g/mol. The largest absolute Gasteiger partial charge is 0.454 e. The zero-order valence-electron chi connectivity index (χ0n) is 10.1. The molecule has 100 valence electrons. The summed E-state index contributed by atoms with van der Waals surface area (Å²) in [6, 6.07) is 3.93. The van der Waals surface area contributed by atoms with Gasteiger partial charge >= 0.3 is 0 Å². The van der Waals surface area contributed by atoms with Crippen molar-refractivity contribution in [2.45, 2.75) is 13.0 Å². The standard InChI is InChI=1S/C12H13BrN4O2/c13-9-4-11-10(18-7-19-11)3-8(9)5-14-2-1-12-15-6-16-17-12/h3-4,6,14H,1-2,5,7H2,(H,15,16,17). The summed E-state index contributed by atoms with van der Waals surface area (Å²) in [6.07, 6.45) is 2.34. The van der Waals surface area contributed by atoms with Crippen LogP contribution in [0.3, 0.4) is 0 Å². The molecule has 2 heterocycles. The molecule has 2 aromatic rings. The van der Waals surface area contributed by atoms with Crippen LogP contribution in [0.15, 0.2) is 22.9 Å². The number of ether oxygens (including phenoxy) is 2. The topological polar surface area (TPSA) is 72.1 Å². The molecular formula is C12H13BrN4O2. The molecule has 0 spiro atoms. The number of benzene rings is 1. The normalized spacial score (nSPS) is 12.9. The van der Waals surface area contributed by atoms with Crippen molar-refractivity contribution in [2.24, 2.45) is 0 Å². The Labute approximate surface area is 118 Å². The minimum absolute atomic E-state index is 0.296. The summed E-state index contributed by atoms with van der Waals surface area (Å²) >= 11 is 3.54. The van der Waals surface area contributed by atoms with Crippen molar-refractivity contribution in [2.75, 3.05) is 13.3 Å². The van der Waals surface area contributed by atoms with Crippen LogP contribution < -0.4 is 14.8 Å². The van der Waals surface area contributed by atoms with E-state index in [2.05, 4.69) is 36.4 Å². The molecule has 1 aromatic heterocycles. The summed E-state index contributed by atoms with van der Waals surface area (Å²) < 4.78 is 11.7. The van der Waals surface area contributed by atoms with Crippen molar-refractivity contribution in [3.63, 3.8) is 0 Å². The molecule has 0 radical (unpaired) electrons. The maximum absolute atomic E-state index is 5.37. The highest BCUT2D eigenvalue weighted by Gasteiger charge is 2.15. The van der Waals surface area contributed by atoms with Gasteiger partial charge in [-0.25, -0.2) is 4.98 Å².